The van der Waals surface area contributed by atoms with Gasteiger partial charge in [-0.25, -0.2) is 4.79 Å². The molecule has 228 valence electrons. The van der Waals surface area contributed by atoms with Crippen LogP contribution in [0.2, 0.25) is 0 Å². The largest absolute Gasteiger partial charge is 0.497 e. The molecule has 0 spiro atoms. The van der Waals surface area contributed by atoms with Crippen LogP contribution in [-0.4, -0.2) is 46.5 Å². The van der Waals surface area contributed by atoms with Crippen LogP contribution in [0.15, 0.2) is 103 Å². The van der Waals surface area contributed by atoms with Crippen LogP contribution in [0.25, 0.3) is 11.1 Å². The van der Waals surface area contributed by atoms with Crippen LogP contribution < -0.4 is 15.2 Å². The fourth-order valence-corrected chi connectivity index (χ4v) is 5.28. The summed E-state index contributed by atoms with van der Waals surface area (Å²) < 4.78 is 11.2. The maximum Gasteiger partial charge on any atom is 0.326 e. The Morgan fingerprint density at radius 1 is 0.818 bits per heavy atom. The zero-order valence-corrected chi connectivity index (χ0v) is 25.2. The number of nitrogens with zero attached hydrogens (tertiary/aromatic N) is 1. The van der Waals surface area contributed by atoms with E-state index in [2.05, 4.69) is 0 Å². The molecule has 0 aliphatic rings. The molecule has 0 fully saturated rings. The van der Waals surface area contributed by atoms with E-state index in [4.69, 9.17) is 15.2 Å². The van der Waals surface area contributed by atoms with Gasteiger partial charge < -0.3 is 25.2 Å². The molecule has 0 saturated heterocycles. The van der Waals surface area contributed by atoms with Gasteiger partial charge in [0.25, 0.3) is 5.91 Å². The van der Waals surface area contributed by atoms with Crippen molar-refractivity contribution < 1.29 is 29.0 Å². The van der Waals surface area contributed by atoms with Gasteiger partial charge >= 0.3 is 5.97 Å². The fraction of sp³-hybridized carbons (Fsp3) is 0.250. The average molecular weight is 595 g/mol. The lowest BCUT2D eigenvalue weighted by atomic mass is 9.89. The van der Waals surface area contributed by atoms with E-state index in [1.165, 1.54) is 4.90 Å². The van der Waals surface area contributed by atoms with Gasteiger partial charge in [0.05, 0.1) is 7.11 Å². The number of ether oxygens (including phenoxy) is 2. The smallest absolute Gasteiger partial charge is 0.326 e. The summed E-state index contributed by atoms with van der Waals surface area (Å²) in [5.41, 5.74) is 8.58. The van der Waals surface area contributed by atoms with Crippen molar-refractivity contribution in [2.45, 2.75) is 51.3 Å². The predicted molar refractivity (Wildman–Crippen MR) is 169 cm³/mol. The Morgan fingerprint density at radius 2 is 1.43 bits per heavy atom. The highest BCUT2D eigenvalue weighted by Crippen LogP contribution is 2.29. The van der Waals surface area contributed by atoms with Gasteiger partial charge in [0, 0.05) is 17.5 Å². The van der Waals surface area contributed by atoms with Crippen molar-refractivity contribution >= 4 is 17.8 Å². The predicted octanol–water partition coefficient (Wildman–Crippen LogP) is 6.12. The first-order valence-corrected chi connectivity index (χ1v) is 14.4. The van der Waals surface area contributed by atoms with Crippen LogP contribution in [0.3, 0.4) is 0 Å². The van der Waals surface area contributed by atoms with Crippen LogP contribution in [0, 0.1) is 0 Å². The molecule has 4 aromatic carbocycles. The molecule has 8 heteroatoms. The summed E-state index contributed by atoms with van der Waals surface area (Å²) >= 11 is 0. The third-order valence-electron chi connectivity index (χ3n) is 7.47. The van der Waals surface area contributed by atoms with Crippen LogP contribution >= 0.6 is 0 Å². The molecule has 0 unspecified atom stereocenters. The van der Waals surface area contributed by atoms with Gasteiger partial charge in [0.15, 0.2) is 0 Å². The van der Waals surface area contributed by atoms with Crippen LogP contribution in [-0.2, 0) is 22.6 Å². The molecule has 1 atom stereocenters. The molecule has 3 N–H and O–H groups in total. The maximum absolute atomic E-state index is 14.0. The lowest BCUT2D eigenvalue weighted by molar-refractivity contribution is -0.144. The number of carbonyl (C=O) groups is 3. The first-order chi connectivity index (χ1) is 21.1. The van der Waals surface area contributed by atoms with E-state index in [0.29, 0.717) is 18.6 Å². The second-order valence-electron chi connectivity index (χ2n) is 11.3. The second-order valence-corrected chi connectivity index (χ2v) is 11.3. The number of amides is 2. The monoisotopic (exact) mass is 594 g/mol. The number of carbonyl (C=O) groups excluding carboxylic acids is 2. The van der Waals surface area contributed by atoms with Gasteiger partial charge in [-0.05, 0) is 85.3 Å². The topological polar surface area (TPSA) is 119 Å². The molecule has 8 nitrogen and oxygen atoms in total. The van der Waals surface area contributed by atoms with E-state index in [9.17, 15) is 19.5 Å². The number of rotatable bonds is 14. The van der Waals surface area contributed by atoms with Crippen molar-refractivity contribution in [1.82, 2.24) is 4.90 Å². The highest BCUT2D eigenvalue weighted by molar-refractivity contribution is 5.97. The Balaban J connectivity index is 1.53. The minimum absolute atomic E-state index is 0.0844. The Morgan fingerprint density at radius 3 is 2.02 bits per heavy atom. The number of benzene rings is 4. The Labute approximate surface area is 258 Å². The minimum atomic E-state index is -1.24. The van der Waals surface area contributed by atoms with Gasteiger partial charge in [-0.3, -0.25) is 9.59 Å². The van der Waals surface area contributed by atoms with E-state index >= 15 is 0 Å². The first kappa shape index (κ1) is 31.8. The number of carboxylic acid groups (broad SMARTS) is 1. The Bertz CT molecular complexity index is 1570. The maximum atomic E-state index is 14.0. The number of hydrogen-bond donors (Lipinski definition) is 2. The van der Waals surface area contributed by atoms with Crippen LogP contribution in [0.5, 0.6) is 11.5 Å². The standard InChI is InChI=1S/C36H38N2O6/c1-36(2,23-25-8-5-4-6-9-25)38(32(35(41)42)20-21-33(37)39)34(40)29-14-12-27(13-15-29)28-16-18-30(19-17-28)44-24-26-10-7-11-31(22-26)43-3/h4-19,22,32H,20-21,23-24H2,1-3H3,(H2,37,39)(H,41,42)/t32-/m0/s1. The molecule has 0 aliphatic heterocycles. The van der Waals surface area contributed by atoms with Crippen molar-refractivity contribution in [1.29, 1.82) is 0 Å². The summed E-state index contributed by atoms with van der Waals surface area (Å²) in [4.78, 5) is 39.4. The average Bonchev–Trinajstić information content (AvgIpc) is 3.02. The van der Waals surface area contributed by atoms with E-state index < -0.39 is 29.4 Å². The quantitative estimate of drug-likeness (QED) is 0.181. The van der Waals surface area contributed by atoms with E-state index in [1.54, 1.807) is 19.2 Å². The molecule has 0 aliphatic carbocycles. The Kier molecular flexibility index (Phi) is 10.4. The number of methoxy groups -OCH3 is 1. The normalized spacial score (nSPS) is 11.8. The molecule has 0 heterocycles. The summed E-state index contributed by atoms with van der Waals surface area (Å²) in [5, 5.41) is 10.2. The molecular weight excluding hydrogens is 556 g/mol. The summed E-state index contributed by atoms with van der Waals surface area (Å²) in [7, 11) is 1.63. The van der Waals surface area contributed by atoms with Gasteiger partial charge in [-0.1, -0.05) is 66.7 Å². The molecule has 0 bridgehead atoms. The number of primary amides is 1. The van der Waals surface area contributed by atoms with E-state index in [-0.39, 0.29) is 12.8 Å². The third kappa shape index (κ3) is 8.25. The molecule has 4 rings (SSSR count). The minimum Gasteiger partial charge on any atom is -0.497 e. The molecule has 0 radical (unpaired) electrons. The van der Waals surface area contributed by atoms with E-state index in [0.717, 1.165) is 33.8 Å². The zero-order chi connectivity index (χ0) is 31.7. The summed E-state index contributed by atoms with van der Waals surface area (Å²) in [6.45, 7) is 4.08. The molecule has 0 saturated carbocycles. The van der Waals surface area contributed by atoms with Gasteiger partial charge in [-0.2, -0.15) is 0 Å². The highest BCUT2D eigenvalue weighted by Gasteiger charge is 2.40. The van der Waals surface area contributed by atoms with Crippen molar-refractivity contribution in [3.05, 3.63) is 120 Å². The molecule has 44 heavy (non-hydrogen) atoms. The van der Waals surface area contributed by atoms with Crippen molar-refractivity contribution in [3.63, 3.8) is 0 Å². The summed E-state index contributed by atoms with van der Waals surface area (Å²) in [5.74, 6) is -0.752. The van der Waals surface area contributed by atoms with Gasteiger partial charge in [0.2, 0.25) is 5.91 Å². The highest BCUT2D eigenvalue weighted by atomic mass is 16.5. The number of carboxylic acids is 1. The van der Waals surface area contributed by atoms with Crippen molar-refractivity contribution in [2.75, 3.05) is 7.11 Å². The van der Waals surface area contributed by atoms with Gasteiger partial charge in [-0.15, -0.1) is 0 Å². The Hall–Kier alpha value is -5.11. The SMILES string of the molecule is COc1cccc(COc2ccc(-c3ccc(C(=O)N([C@@H](CCC(N)=O)C(=O)O)C(C)(C)Cc4ccccc4)cc3)cc2)c1. The van der Waals surface area contributed by atoms with Crippen LogP contribution in [0.4, 0.5) is 0 Å². The van der Waals surface area contributed by atoms with Crippen molar-refractivity contribution in [2.24, 2.45) is 5.73 Å². The lowest BCUT2D eigenvalue weighted by Crippen LogP contribution is -2.57. The molecule has 4 aromatic rings. The zero-order valence-electron chi connectivity index (χ0n) is 25.2. The first-order valence-electron chi connectivity index (χ1n) is 14.4. The van der Waals surface area contributed by atoms with Gasteiger partial charge in [0.1, 0.15) is 24.1 Å². The second kappa shape index (κ2) is 14.4. The number of hydrogen-bond acceptors (Lipinski definition) is 5. The summed E-state index contributed by atoms with van der Waals surface area (Å²) in [6, 6.07) is 30.8. The molecule has 2 amide bonds. The lowest BCUT2D eigenvalue weighted by Gasteiger charge is -2.42. The van der Waals surface area contributed by atoms with E-state index in [1.807, 2.05) is 105 Å². The molecular formula is C36H38N2O6. The molecule has 0 aromatic heterocycles. The summed E-state index contributed by atoms with van der Waals surface area (Å²) in [6.07, 6.45) is 0.184. The van der Waals surface area contributed by atoms with Crippen LogP contribution in [0.1, 0.15) is 48.2 Å². The van der Waals surface area contributed by atoms with Crippen molar-refractivity contribution in [3.8, 4) is 22.6 Å². The fourth-order valence-electron chi connectivity index (χ4n) is 5.28. The third-order valence-corrected chi connectivity index (χ3v) is 7.47. The number of aliphatic carboxylic acids is 1. The number of nitrogens with two attached hydrogens (primary N) is 1.